The van der Waals surface area contributed by atoms with Crippen LogP contribution in [-0.4, -0.2) is 57.3 Å². The van der Waals surface area contributed by atoms with E-state index in [9.17, 15) is 25.2 Å². The number of aliphatic hydroxyl groups is 4. The molecule has 4 unspecified atom stereocenters. The Labute approximate surface area is 380 Å². The molecule has 0 bridgehead atoms. The van der Waals surface area contributed by atoms with Crippen LogP contribution in [0.4, 0.5) is 0 Å². The van der Waals surface area contributed by atoms with E-state index in [1.807, 2.05) is 0 Å². The minimum atomic E-state index is -1.25. The number of aliphatic hydroxyl groups excluding tert-OH is 4. The highest BCUT2D eigenvalue weighted by Crippen LogP contribution is 2.17. The van der Waals surface area contributed by atoms with Gasteiger partial charge in [0.05, 0.1) is 18.8 Å². The van der Waals surface area contributed by atoms with Gasteiger partial charge in [0.1, 0.15) is 12.2 Å². The first-order chi connectivity index (χ1) is 30.0. The normalized spacial score (nSPS) is 14.0. The summed E-state index contributed by atoms with van der Waals surface area (Å²) in [7, 11) is 0. The monoisotopic (exact) mass is 862 g/mol. The lowest BCUT2D eigenvalue weighted by atomic mass is 9.99. The fraction of sp³-hybridized carbons (Fsp3) is 0.909. The van der Waals surface area contributed by atoms with Gasteiger partial charge < -0.3 is 25.7 Å². The molecule has 0 aliphatic carbocycles. The quantitative estimate of drug-likeness (QED) is 0.0309. The van der Waals surface area contributed by atoms with Crippen molar-refractivity contribution < 1.29 is 25.2 Å². The van der Waals surface area contributed by atoms with Crippen molar-refractivity contribution in [3.8, 4) is 0 Å². The Kier molecular flexibility index (Phi) is 48.8. The summed E-state index contributed by atoms with van der Waals surface area (Å²) in [5, 5.41) is 43.6. The Morgan fingerprint density at radius 2 is 0.705 bits per heavy atom. The summed E-state index contributed by atoms with van der Waals surface area (Å²) in [6.07, 6.45) is 59.9. The molecule has 0 aliphatic heterocycles. The second kappa shape index (κ2) is 49.8. The molecular formula is C55H107NO5. The molecule has 1 amide bonds. The van der Waals surface area contributed by atoms with E-state index in [-0.39, 0.29) is 0 Å². The second-order valence-electron chi connectivity index (χ2n) is 18.9. The maximum absolute atomic E-state index is 12.5. The van der Waals surface area contributed by atoms with Gasteiger partial charge >= 0.3 is 0 Å². The Balaban J connectivity index is 3.50. The number of rotatable bonds is 50. The molecule has 0 aromatic rings. The molecule has 0 radical (unpaired) electrons. The topological polar surface area (TPSA) is 110 Å². The summed E-state index contributed by atoms with van der Waals surface area (Å²) < 4.78 is 0. The molecule has 0 saturated heterocycles. The number of allylic oxidation sites excluding steroid dienone is 4. The van der Waals surface area contributed by atoms with Crippen molar-refractivity contribution in [1.29, 1.82) is 0 Å². The van der Waals surface area contributed by atoms with Crippen LogP contribution in [-0.2, 0) is 4.79 Å². The van der Waals surface area contributed by atoms with E-state index >= 15 is 0 Å². The van der Waals surface area contributed by atoms with Gasteiger partial charge in [-0.2, -0.15) is 0 Å². The molecule has 0 aromatic heterocycles. The standard InChI is InChI=1S/C55H107NO5/c1-3-5-7-9-11-13-14-15-16-17-18-19-20-21-22-23-24-25-26-27-28-29-30-31-32-33-34-35-36-37-38-39-41-43-45-47-49-53(59)55(61)56-51(50-57)54(60)52(58)48-46-44-42-40-12-10-8-6-4-2/h22-23,25-26,51-54,57-60H,3-21,24,27-50H2,1-2H3,(H,56,61)/b23-22-,26-25-. The number of carbonyl (C=O) groups is 1. The van der Waals surface area contributed by atoms with Crippen LogP contribution in [0, 0.1) is 0 Å². The third-order valence-electron chi connectivity index (χ3n) is 12.9. The van der Waals surface area contributed by atoms with E-state index in [1.165, 1.54) is 218 Å². The van der Waals surface area contributed by atoms with Crippen LogP contribution in [0.1, 0.15) is 290 Å². The first kappa shape index (κ1) is 59.8. The highest BCUT2D eigenvalue weighted by atomic mass is 16.3. The second-order valence-corrected chi connectivity index (χ2v) is 18.9. The number of carbonyl (C=O) groups excluding carboxylic acids is 1. The van der Waals surface area contributed by atoms with Crippen LogP contribution in [0.25, 0.3) is 0 Å². The van der Waals surface area contributed by atoms with Crippen molar-refractivity contribution in [2.45, 2.75) is 314 Å². The lowest BCUT2D eigenvalue weighted by Gasteiger charge is -2.27. The summed E-state index contributed by atoms with van der Waals surface area (Å²) in [4.78, 5) is 12.5. The van der Waals surface area contributed by atoms with Gasteiger partial charge in [-0.25, -0.2) is 0 Å². The third kappa shape index (κ3) is 43.8. The van der Waals surface area contributed by atoms with Crippen molar-refractivity contribution in [1.82, 2.24) is 5.32 Å². The van der Waals surface area contributed by atoms with Crippen LogP contribution in [0.3, 0.4) is 0 Å². The fourth-order valence-electron chi connectivity index (χ4n) is 8.61. The van der Waals surface area contributed by atoms with E-state index in [0.29, 0.717) is 12.8 Å². The summed E-state index contributed by atoms with van der Waals surface area (Å²) in [6.45, 7) is 4.04. The van der Waals surface area contributed by atoms with Crippen LogP contribution in [0.2, 0.25) is 0 Å². The van der Waals surface area contributed by atoms with Crippen molar-refractivity contribution in [3.63, 3.8) is 0 Å². The van der Waals surface area contributed by atoms with Gasteiger partial charge in [-0.3, -0.25) is 4.79 Å². The molecule has 0 aliphatic rings. The predicted molar refractivity (Wildman–Crippen MR) is 265 cm³/mol. The number of hydrogen-bond acceptors (Lipinski definition) is 5. The highest BCUT2D eigenvalue weighted by Gasteiger charge is 2.28. The largest absolute Gasteiger partial charge is 0.394 e. The fourth-order valence-corrected chi connectivity index (χ4v) is 8.61. The molecule has 0 spiro atoms. The summed E-state index contributed by atoms with van der Waals surface area (Å²) in [6, 6.07) is -0.981. The average Bonchev–Trinajstić information content (AvgIpc) is 3.26. The zero-order valence-electron chi connectivity index (χ0n) is 40.9. The van der Waals surface area contributed by atoms with E-state index < -0.39 is 36.9 Å². The minimum absolute atomic E-state index is 0.371. The Bertz CT molecular complexity index is 924. The van der Waals surface area contributed by atoms with Crippen LogP contribution in [0.5, 0.6) is 0 Å². The van der Waals surface area contributed by atoms with E-state index in [4.69, 9.17) is 0 Å². The molecule has 0 aromatic carbocycles. The molecule has 61 heavy (non-hydrogen) atoms. The van der Waals surface area contributed by atoms with Crippen LogP contribution in [0.15, 0.2) is 24.3 Å². The Hall–Kier alpha value is -1.21. The van der Waals surface area contributed by atoms with E-state index in [1.54, 1.807) is 0 Å². The average molecular weight is 862 g/mol. The molecule has 0 saturated carbocycles. The zero-order chi connectivity index (χ0) is 44.5. The Morgan fingerprint density at radius 3 is 1.03 bits per heavy atom. The molecule has 6 nitrogen and oxygen atoms in total. The molecule has 0 heterocycles. The zero-order valence-corrected chi connectivity index (χ0v) is 40.9. The number of hydrogen-bond donors (Lipinski definition) is 5. The first-order valence-corrected chi connectivity index (χ1v) is 27.2. The van der Waals surface area contributed by atoms with Gasteiger partial charge in [0.15, 0.2) is 0 Å². The lowest BCUT2D eigenvalue weighted by molar-refractivity contribution is -0.132. The summed E-state index contributed by atoms with van der Waals surface area (Å²) in [5.41, 5.74) is 0. The van der Waals surface area contributed by atoms with Crippen molar-refractivity contribution in [2.24, 2.45) is 0 Å². The molecular weight excluding hydrogens is 755 g/mol. The molecule has 4 atom stereocenters. The molecule has 6 heteroatoms. The third-order valence-corrected chi connectivity index (χ3v) is 12.9. The van der Waals surface area contributed by atoms with Crippen molar-refractivity contribution in [2.75, 3.05) is 6.61 Å². The number of nitrogens with one attached hydrogen (secondary N) is 1. The van der Waals surface area contributed by atoms with Gasteiger partial charge in [0.25, 0.3) is 0 Å². The molecule has 0 fully saturated rings. The van der Waals surface area contributed by atoms with Crippen molar-refractivity contribution in [3.05, 3.63) is 24.3 Å². The van der Waals surface area contributed by atoms with E-state index in [2.05, 4.69) is 43.5 Å². The van der Waals surface area contributed by atoms with Crippen molar-refractivity contribution >= 4 is 5.91 Å². The number of amides is 1. The predicted octanol–water partition coefficient (Wildman–Crippen LogP) is 15.5. The van der Waals surface area contributed by atoms with E-state index in [0.717, 1.165) is 44.9 Å². The summed E-state index contributed by atoms with van der Waals surface area (Å²) in [5.74, 6) is -0.583. The van der Waals surface area contributed by atoms with Gasteiger partial charge in [-0.05, 0) is 44.9 Å². The first-order valence-electron chi connectivity index (χ1n) is 27.2. The highest BCUT2D eigenvalue weighted by molar-refractivity contribution is 5.80. The van der Waals surface area contributed by atoms with Gasteiger partial charge in [0.2, 0.25) is 5.91 Å². The van der Waals surface area contributed by atoms with Crippen LogP contribution >= 0.6 is 0 Å². The lowest BCUT2D eigenvalue weighted by Crippen LogP contribution is -2.53. The maximum Gasteiger partial charge on any atom is 0.249 e. The molecule has 0 rings (SSSR count). The summed E-state index contributed by atoms with van der Waals surface area (Å²) >= 11 is 0. The molecule has 5 N–H and O–H groups in total. The maximum atomic E-state index is 12.5. The smallest absolute Gasteiger partial charge is 0.249 e. The van der Waals surface area contributed by atoms with Gasteiger partial charge in [-0.15, -0.1) is 0 Å². The molecule has 362 valence electrons. The number of unbranched alkanes of at least 4 members (excludes halogenated alkanes) is 37. The van der Waals surface area contributed by atoms with Gasteiger partial charge in [-0.1, -0.05) is 269 Å². The SMILES string of the molecule is CCCCCCCCCCCCCCC/C=C\C/C=C\CCCCCCCCCCCCCCCCCCC(O)C(=O)NC(CO)C(O)C(O)CCCCCCCCCCC. The van der Waals surface area contributed by atoms with Crippen LogP contribution < -0.4 is 5.32 Å². The Morgan fingerprint density at radius 1 is 0.410 bits per heavy atom. The minimum Gasteiger partial charge on any atom is -0.394 e. The van der Waals surface area contributed by atoms with Gasteiger partial charge in [0, 0.05) is 0 Å².